The Labute approximate surface area is 158 Å². The fourth-order valence-corrected chi connectivity index (χ4v) is 2.02. The molecule has 148 valence electrons. The van der Waals surface area contributed by atoms with Crippen molar-refractivity contribution in [2.45, 2.75) is 26.1 Å². The van der Waals surface area contributed by atoms with Crippen molar-refractivity contribution < 1.29 is 32.2 Å². The van der Waals surface area contributed by atoms with Crippen LogP contribution in [-0.4, -0.2) is 32.8 Å². The molecule has 0 aliphatic rings. The Morgan fingerprint density at radius 2 is 1.93 bits per heavy atom. The van der Waals surface area contributed by atoms with Crippen LogP contribution in [-0.2, 0) is 20.5 Å². The quantitative estimate of drug-likeness (QED) is 0.423. The number of benzene rings is 1. The lowest BCUT2D eigenvalue weighted by molar-refractivity contribution is -0.152. The molecule has 10 heteroatoms. The molecule has 28 heavy (non-hydrogen) atoms. The first-order valence-corrected chi connectivity index (χ1v) is 7.95. The zero-order chi connectivity index (χ0) is 20.9. The number of hydrogen-bond acceptors (Lipinski definition) is 6. The van der Waals surface area contributed by atoms with E-state index < -0.39 is 23.7 Å². The Kier molecular flexibility index (Phi) is 6.34. The highest BCUT2D eigenvalue weighted by Crippen LogP contribution is 2.35. The van der Waals surface area contributed by atoms with Crippen LogP contribution in [0.25, 0.3) is 17.6 Å². The summed E-state index contributed by atoms with van der Waals surface area (Å²) in [7, 11) is 0. The lowest BCUT2D eigenvalue weighted by Gasteiger charge is -2.14. The van der Waals surface area contributed by atoms with Gasteiger partial charge in [-0.3, -0.25) is 0 Å². The maximum absolute atomic E-state index is 13.2. The highest BCUT2D eigenvalue weighted by atomic mass is 19.4. The smallest absolute Gasteiger partial charge is 0.416 e. The van der Waals surface area contributed by atoms with Crippen molar-refractivity contribution >= 4 is 18.1 Å². The van der Waals surface area contributed by atoms with E-state index in [1.807, 2.05) is 0 Å². The third-order valence-corrected chi connectivity index (χ3v) is 3.10. The predicted molar refractivity (Wildman–Crippen MR) is 92.9 cm³/mol. The van der Waals surface area contributed by atoms with Gasteiger partial charge >= 0.3 is 18.1 Å². The summed E-state index contributed by atoms with van der Waals surface area (Å²) in [6.07, 6.45) is -0.863. The molecule has 0 bridgehead atoms. The van der Waals surface area contributed by atoms with Gasteiger partial charge in [-0.2, -0.15) is 13.2 Å². The third-order valence-electron chi connectivity index (χ3n) is 3.10. The van der Waals surface area contributed by atoms with Crippen LogP contribution in [0.2, 0.25) is 0 Å². The van der Waals surface area contributed by atoms with Gasteiger partial charge in [0.1, 0.15) is 12.1 Å². The number of carbonyl (C=O) groups is 2. The van der Waals surface area contributed by atoms with Gasteiger partial charge in [-0.15, -0.1) is 5.10 Å². The Hall–Kier alpha value is -3.43. The molecule has 0 amide bonds. The monoisotopic (exact) mass is 395 g/mol. The number of esters is 2. The Morgan fingerprint density at radius 3 is 2.54 bits per heavy atom. The summed E-state index contributed by atoms with van der Waals surface area (Å²) in [5.41, 5.74) is -0.818. The summed E-state index contributed by atoms with van der Waals surface area (Å²) < 4.78 is 50.2. The number of aromatic nitrogens is 3. The molecule has 0 atom stereocenters. The highest BCUT2D eigenvalue weighted by Gasteiger charge is 2.32. The van der Waals surface area contributed by atoms with Crippen LogP contribution < -0.4 is 4.74 Å². The number of carbonyl (C=O) groups excluding carboxylic acids is 2. The maximum Gasteiger partial charge on any atom is 0.416 e. The molecule has 1 aromatic heterocycles. The van der Waals surface area contributed by atoms with Crippen LogP contribution >= 0.6 is 0 Å². The molecule has 0 radical (unpaired) electrons. The van der Waals surface area contributed by atoms with Crippen molar-refractivity contribution in [2.24, 2.45) is 0 Å². The zero-order valence-corrected chi connectivity index (χ0v) is 14.9. The van der Waals surface area contributed by atoms with Gasteiger partial charge in [0.15, 0.2) is 5.82 Å². The number of halogens is 3. The molecule has 0 aliphatic heterocycles. The van der Waals surface area contributed by atoms with E-state index >= 15 is 0 Å². The third kappa shape index (κ3) is 5.79. The highest BCUT2D eigenvalue weighted by molar-refractivity contribution is 5.97. The van der Waals surface area contributed by atoms with E-state index in [0.29, 0.717) is 0 Å². The lowest BCUT2D eigenvalue weighted by atomic mass is 10.1. The summed E-state index contributed by atoms with van der Waals surface area (Å²) in [5.74, 6) is -1.87. The van der Waals surface area contributed by atoms with Crippen LogP contribution in [0, 0.1) is 0 Å². The first-order valence-electron chi connectivity index (χ1n) is 7.95. The van der Waals surface area contributed by atoms with Crippen molar-refractivity contribution in [3.8, 4) is 17.1 Å². The largest absolute Gasteiger partial charge is 0.491 e. The van der Waals surface area contributed by atoms with E-state index in [9.17, 15) is 22.8 Å². The minimum Gasteiger partial charge on any atom is -0.491 e. The Balaban J connectivity index is 2.29. The summed E-state index contributed by atoms with van der Waals surface area (Å²) in [6, 6.07) is 3.18. The Morgan fingerprint density at radius 1 is 1.21 bits per heavy atom. The second-order valence-corrected chi connectivity index (χ2v) is 5.72. The first-order chi connectivity index (χ1) is 13.1. The summed E-state index contributed by atoms with van der Waals surface area (Å²) in [6.45, 7) is 6.53. The van der Waals surface area contributed by atoms with E-state index in [-0.39, 0.29) is 23.2 Å². The number of nitrogens with zero attached hydrogens (tertiary/aromatic N) is 3. The molecule has 2 rings (SSSR count). The molecular weight excluding hydrogens is 379 g/mol. The molecule has 0 N–H and O–H groups in total. The topological polar surface area (TPSA) is 83.3 Å². The van der Waals surface area contributed by atoms with Gasteiger partial charge in [0, 0.05) is 23.9 Å². The number of hydrogen-bond donors (Lipinski definition) is 0. The molecule has 1 heterocycles. The molecule has 1 aromatic carbocycles. The number of rotatable bonds is 6. The summed E-state index contributed by atoms with van der Waals surface area (Å²) in [5, 5.41) is 3.98. The van der Waals surface area contributed by atoms with Crippen molar-refractivity contribution in [3.05, 3.63) is 48.8 Å². The molecule has 0 spiro atoms. The minimum atomic E-state index is -4.57. The van der Waals surface area contributed by atoms with Crippen LogP contribution in [0.15, 0.2) is 43.3 Å². The number of ether oxygens (including phenoxy) is 2. The molecule has 0 saturated carbocycles. The van der Waals surface area contributed by atoms with Crippen molar-refractivity contribution in [1.82, 2.24) is 14.8 Å². The van der Waals surface area contributed by atoms with Gasteiger partial charge in [0.25, 0.3) is 0 Å². The molecule has 2 aromatic rings. The Bertz CT molecular complexity index is 917. The molecular formula is C18H16F3N3O4. The van der Waals surface area contributed by atoms with E-state index in [2.05, 4.69) is 21.4 Å². The van der Waals surface area contributed by atoms with E-state index in [0.717, 1.165) is 35.2 Å². The van der Waals surface area contributed by atoms with Gasteiger partial charge < -0.3 is 9.47 Å². The van der Waals surface area contributed by atoms with E-state index in [1.165, 1.54) is 12.4 Å². The SMILES string of the molecule is C=CC(=O)OC(=O)/C=C\n1cnc(-c2cc(OC(C)C)cc(C(F)(F)F)c2)n1. The van der Waals surface area contributed by atoms with Crippen LogP contribution in [0.1, 0.15) is 19.4 Å². The van der Waals surface area contributed by atoms with Gasteiger partial charge in [0.2, 0.25) is 0 Å². The molecule has 0 fully saturated rings. The number of alkyl halides is 3. The van der Waals surface area contributed by atoms with Gasteiger partial charge in [-0.05, 0) is 32.0 Å². The van der Waals surface area contributed by atoms with Crippen molar-refractivity contribution in [1.29, 1.82) is 0 Å². The molecule has 7 nitrogen and oxygen atoms in total. The standard InChI is InChI=1S/C18H16F3N3O4/c1-4-15(25)28-16(26)5-6-24-10-22-17(23-24)12-7-13(18(19,20)21)9-14(8-12)27-11(2)3/h4-11H,1H2,2-3H3/b6-5-. The lowest BCUT2D eigenvalue weighted by Crippen LogP contribution is -2.09. The van der Waals surface area contributed by atoms with Crippen LogP contribution in [0.4, 0.5) is 13.2 Å². The van der Waals surface area contributed by atoms with Crippen LogP contribution in [0.5, 0.6) is 5.75 Å². The van der Waals surface area contributed by atoms with Gasteiger partial charge in [-0.1, -0.05) is 6.58 Å². The average Bonchev–Trinajstić information content (AvgIpc) is 3.07. The fourth-order valence-electron chi connectivity index (χ4n) is 2.02. The first kappa shape index (κ1) is 20.9. The zero-order valence-electron chi connectivity index (χ0n) is 14.9. The maximum atomic E-state index is 13.2. The average molecular weight is 395 g/mol. The predicted octanol–water partition coefficient (Wildman–Crippen LogP) is 3.48. The molecule has 0 aliphatic carbocycles. The minimum absolute atomic E-state index is 0.0140. The summed E-state index contributed by atoms with van der Waals surface area (Å²) in [4.78, 5) is 26.2. The van der Waals surface area contributed by atoms with Crippen molar-refractivity contribution in [3.63, 3.8) is 0 Å². The summed E-state index contributed by atoms with van der Waals surface area (Å²) >= 11 is 0. The normalized spacial score (nSPS) is 11.6. The molecule has 0 unspecified atom stereocenters. The second kappa shape index (κ2) is 8.51. The van der Waals surface area contributed by atoms with E-state index in [4.69, 9.17) is 4.74 Å². The van der Waals surface area contributed by atoms with Crippen molar-refractivity contribution in [2.75, 3.05) is 0 Å². The van der Waals surface area contributed by atoms with Gasteiger partial charge in [-0.25, -0.2) is 19.3 Å². The molecule has 0 saturated heterocycles. The van der Waals surface area contributed by atoms with E-state index in [1.54, 1.807) is 13.8 Å². The van der Waals surface area contributed by atoms with Crippen LogP contribution in [0.3, 0.4) is 0 Å². The second-order valence-electron chi connectivity index (χ2n) is 5.72. The van der Waals surface area contributed by atoms with Gasteiger partial charge in [0.05, 0.1) is 11.7 Å². The fraction of sp³-hybridized carbons (Fsp3) is 0.222.